The Morgan fingerprint density at radius 2 is 1.55 bits per heavy atom. The first-order valence-electron chi connectivity index (χ1n) is 9.43. The SMILES string of the molecule is Cc1cc(CN(C)CC(O)c2ccccc2)ccc1-c1ccccc1C(F)(F)F. The highest BCUT2D eigenvalue weighted by atomic mass is 19.4. The van der Waals surface area contributed by atoms with Gasteiger partial charge in [0.15, 0.2) is 0 Å². The van der Waals surface area contributed by atoms with Gasteiger partial charge in [0.1, 0.15) is 0 Å². The Bertz CT molecular complexity index is 954. The molecule has 0 aliphatic rings. The lowest BCUT2D eigenvalue weighted by Crippen LogP contribution is -2.24. The number of likely N-dealkylation sites (N-methyl/N-ethyl adjacent to an activating group) is 1. The summed E-state index contributed by atoms with van der Waals surface area (Å²) in [5, 5.41) is 10.4. The topological polar surface area (TPSA) is 23.5 Å². The zero-order valence-corrected chi connectivity index (χ0v) is 16.4. The second-order valence-electron chi connectivity index (χ2n) is 7.32. The van der Waals surface area contributed by atoms with Crippen LogP contribution in [0.25, 0.3) is 11.1 Å². The molecule has 1 atom stereocenters. The Hall–Kier alpha value is -2.63. The van der Waals surface area contributed by atoms with Crippen molar-refractivity contribution in [3.8, 4) is 11.1 Å². The molecule has 1 N–H and O–H groups in total. The maximum absolute atomic E-state index is 13.3. The van der Waals surface area contributed by atoms with E-state index in [2.05, 4.69) is 0 Å². The molecule has 3 aromatic carbocycles. The highest BCUT2D eigenvalue weighted by Crippen LogP contribution is 2.38. The molecule has 0 saturated heterocycles. The molecule has 29 heavy (non-hydrogen) atoms. The standard InChI is InChI=1S/C24H24F3NO/c1-17-14-18(15-28(2)16-23(29)19-8-4-3-5-9-19)12-13-20(17)21-10-6-7-11-22(21)24(25,26)27/h3-14,23,29H,15-16H2,1-2H3. The van der Waals surface area contributed by atoms with E-state index < -0.39 is 17.8 Å². The van der Waals surface area contributed by atoms with Crippen molar-refractivity contribution in [1.29, 1.82) is 0 Å². The van der Waals surface area contributed by atoms with Crippen molar-refractivity contribution in [2.45, 2.75) is 25.7 Å². The average molecular weight is 399 g/mol. The summed E-state index contributed by atoms with van der Waals surface area (Å²) in [6, 6.07) is 20.6. The maximum atomic E-state index is 13.3. The molecule has 5 heteroatoms. The van der Waals surface area contributed by atoms with Crippen LogP contribution in [0.5, 0.6) is 0 Å². The van der Waals surface area contributed by atoms with Gasteiger partial charge in [-0.3, -0.25) is 4.90 Å². The highest BCUT2D eigenvalue weighted by Gasteiger charge is 2.33. The number of aliphatic hydroxyl groups is 1. The molecule has 3 aromatic rings. The van der Waals surface area contributed by atoms with E-state index >= 15 is 0 Å². The first-order valence-corrected chi connectivity index (χ1v) is 9.43. The quantitative estimate of drug-likeness (QED) is 0.562. The van der Waals surface area contributed by atoms with Gasteiger partial charge >= 0.3 is 6.18 Å². The summed E-state index contributed by atoms with van der Waals surface area (Å²) in [4.78, 5) is 2.00. The van der Waals surface area contributed by atoms with Gasteiger partial charge in [0.05, 0.1) is 11.7 Å². The lowest BCUT2D eigenvalue weighted by molar-refractivity contribution is -0.137. The number of aliphatic hydroxyl groups excluding tert-OH is 1. The number of hydrogen-bond donors (Lipinski definition) is 1. The number of rotatable bonds is 6. The van der Waals surface area contributed by atoms with Crippen LogP contribution in [0, 0.1) is 6.92 Å². The maximum Gasteiger partial charge on any atom is 0.417 e. The number of aryl methyl sites for hydroxylation is 1. The van der Waals surface area contributed by atoms with Crippen molar-refractivity contribution in [2.24, 2.45) is 0 Å². The van der Waals surface area contributed by atoms with Gasteiger partial charge in [0, 0.05) is 13.1 Å². The molecule has 0 heterocycles. The second-order valence-corrected chi connectivity index (χ2v) is 7.32. The third kappa shape index (κ3) is 5.25. The summed E-state index contributed by atoms with van der Waals surface area (Å²) in [6.07, 6.45) is -4.99. The number of hydrogen-bond acceptors (Lipinski definition) is 2. The Kier molecular flexibility index (Phi) is 6.40. The summed E-state index contributed by atoms with van der Waals surface area (Å²) < 4.78 is 40.0. The molecule has 2 nitrogen and oxygen atoms in total. The predicted molar refractivity (Wildman–Crippen MR) is 109 cm³/mol. The molecule has 0 radical (unpaired) electrons. The van der Waals surface area contributed by atoms with Gasteiger partial charge < -0.3 is 5.11 Å². The number of halogens is 3. The van der Waals surface area contributed by atoms with Crippen LogP contribution in [0.2, 0.25) is 0 Å². The van der Waals surface area contributed by atoms with Gasteiger partial charge in [0.25, 0.3) is 0 Å². The third-order valence-corrected chi connectivity index (χ3v) is 4.93. The summed E-state index contributed by atoms with van der Waals surface area (Å²) >= 11 is 0. The van der Waals surface area contributed by atoms with Crippen LogP contribution in [0.1, 0.15) is 28.4 Å². The molecular weight excluding hydrogens is 375 g/mol. The summed E-state index contributed by atoms with van der Waals surface area (Å²) in [7, 11) is 1.91. The molecule has 0 aliphatic carbocycles. The second kappa shape index (κ2) is 8.80. The van der Waals surface area contributed by atoms with Crippen LogP contribution >= 0.6 is 0 Å². The Balaban J connectivity index is 1.75. The van der Waals surface area contributed by atoms with E-state index in [0.717, 1.165) is 22.8 Å². The predicted octanol–water partition coefficient (Wildman–Crippen LogP) is 5.85. The molecule has 0 aliphatic heterocycles. The van der Waals surface area contributed by atoms with Crippen LogP contribution < -0.4 is 0 Å². The Morgan fingerprint density at radius 1 is 0.897 bits per heavy atom. The lowest BCUT2D eigenvalue weighted by Gasteiger charge is -2.21. The monoisotopic (exact) mass is 399 g/mol. The average Bonchev–Trinajstić information content (AvgIpc) is 2.68. The van der Waals surface area contributed by atoms with Gasteiger partial charge in [-0.05, 0) is 47.9 Å². The summed E-state index contributed by atoms with van der Waals surface area (Å²) in [5.74, 6) is 0. The molecule has 0 saturated carbocycles. The van der Waals surface area contributed by atoms with Crippen molar-refractivity contribution in [2.75, 3.05) is 13.6 Å². The number of alkyl halides is 3. The van der Waals surface area contributed by atoms with Gasteiger partial charge in [-0.15, -0.1) is 0 Å². The van der Waals surface area contributed by atoms with E-state index in [0.29, 0.717) is 18.7 Å². The van der Waals surface area contributed by atoms with Crippen LogP contribution in [0.3, 0.4) is 0 Å². The van der Waals surface area contributed by atoms with E-state index in [4.69, 9.17) is 0 Å². The van der Waals surface area contributed by atoms with Crippen LogP contribution in [0.4, 0.5) is 13.2 Å². The van der Waals surface area contributed by atoms with Crippen molar-refractivity contribution < 1.29 is 18.3 Å². The third-order valence-electron chi connectivity index (χ3n) is 4.93. The molecule has 0 bridgehead atoms. The fourth-order valence-electron chi connectivity index (χ4n) is 3.54. The Morgan fingerprint density at radius 3 is 2.21 bits per heavy atom. The van der Waals surface area contributed by atoms with Gasteiger partial charge in [-0.25, -0.2) is 0 Å². The zero-order valence-electron chi connectivity index (χ0n) is 16.4. The highest BCUT2D eigenvalue weighted by molar-refractivity contribution is 5.71. The van der Waals surface area contributed by atoms with Gasteiger partial charge in [0.2, 0.25) is 0 Å². The minimum atomic E-state index is -4.39. The van der Waals surface area contributed by atoms with Crippen molar-refractivity contribution in [3.63, 3.8) is 0 Å². The molecule has 0 fully saturated rings. The minimum absolute atomic E-state index is 0.192. The lowest BCUT2D eigenvalue weighted by atomic mass is 9.94. The summed E-state index contributed by atoms with van der Waals surface area (Å²) in [6.45, 7) is 2.87. The van der Waals surface area contributed by atoms with Crippen LogP contribution in [-0.2, 0) is 12.7 Å². The number of benzene rings is 3. The van der Waals surface area contributed by atoms with Crippen molar-refractivity contribution in [1.82, 2.24) is 4.90 Å². The number of nitrogens with zero attached hydrogens (tertiary/aromatic N) is 1. The summed E-state index contributed by atoms with van der Waals surface area (Å²) in [5.41, 5.74) is 2.77. The van der Waals surface area contributed by atoms with Gasteiger partial charge in [-0.1, -0.05) is 66.7 Å². The Labute approximate surface area is 169 Å². The van der Waals surface area contributed by atoms with Crippen LogP contribution in [-0.4, -0.2) is 23.6 Å². The molecule has 152 valence electrons. The van der Waals surface area contributed by atoms with Crippen molar-refractivity contribution in [3.05, 3.63) is 95.1 Å². The van der Waals surface area contributed by atoms with Crippen molar-refractivity contribution >= 4 is 0 Å². The van der Waals surface area contributed by atoms with E-state index in [1.54, 1.807) is 12.1 Å². The normalized spacial score (nSPS) is 12.9. The van der Waals surface area contributed by atoms with Crippen LogP contribution in [0.15, 0.2) is 72.8 Å². The van der Waals surface area contributed by atoms with E-state index in [-0.39, 0.29) is 5.56 Å². The van der Waals surface area contributed by atoms with E-state index in [1.807, 2.05) is 61.3 Å². The molecule has 0 spiro atoms. The minimum Gasteiger partial charge on any atom is -0.387 e. The van der Waals surface area contributed by atoms with E-state index in [9.17, 15) is 18.3 Å². The molecule has 0 aromatic heterocycles. The molecular formula is C24H24F3NO. The fourth-order valence-corrected chi connectivity index (χ4v) is 3.54. The molecule has 0 amide bonds. The molecule has 1 unspecified atom stereocenters. The first-order chi connectivity index (χ1) is 13.8. The smallest absolute Gasteiger partial charge is 0.387 e. The van der Waals surface area contributed by atoms with Gasteiger partial charge in [-0.2, -0.15) is 13.2 Å². The fraction of sp³-hybridized carbons (Fsp3) is 0.250. The van der Waals surface area contributed by atoms with E-state index in [1.165, 1.54) is 12.1 Å². The largest absolute Gasteiger partial charge is 0.417 e. The zero-order chi connectivity index (χ0) is 21.0. The first kappa shape index (κ1) is 21.1. The molecule has 3 rings (SSSR count).